The SMILES string of the molecule is Cc1cncc(-c2cnc([C@@]3(C)NC(=N)N(C)C(=O)C3c3ccc(C(C)C)cc3)s2)c1. The highest BCUT2D eigenvalue weighted by molar-refractivity contribution is 7.15. The van der Waals surface area contributed by atoms with Gasteiger partial charge in [-0.05, 0) is 42.5 Å². The number of amides is 1. The van der Waals surface area contributed by atoms with E-state index in [1.165, 1.54) is 21.8 Å². The summed E-state index contributed by atoms with van der Waals surface area (Å²) in [4.78, 5) is 24.7. The highest BCUT2D eigenvalue weighted by Gasteiger charge is 2.50. The highest BCUT2D eigenvalue weighted by Crippen LogP contribution is 2.43. The van der Waals surface area contributed by atoms with Gasteiger partial charge in [0.05, 0.1) is 10.8 Å². The molecule has 160 valence electrons. The Bertz CT molecular complexity index is 1140. The Balaban J connectivity index is 1.79. The number of rotatable bonds is 4. The second kappa shape index (κ2) is 7.89. The molecule has 0 bridgehead atoms. The fourth-order valence-electron chi connectivity index (χ4n) is 4.02. The van der Waals surface area contributed by atoms with Crippen LogP contribution < -0.4 is 5.32 Å². The maximum absolute atomic E-state index is 13.4. The summed E-state index contributed by atoms with van der Waals surface area (Å²) in [7, 11) is 1.64. The van der Waals surface area contributed by atoms with Crippen LogP contribution in [0.5, 0.6) is 0 Å². The smallest absolute Gasteiger partial charge is 0.239 e. The summed E-state index contributed by atoms with van der Waals surface area (Å²) in [5.74, 6) is -0.114. The van der Waals surface area contributed by atoms with Crippen LogP contribution in [0.4, 0.5) is 0 Å². The van der Waals surface area contributed by atoms with Crippen LogP contribution in [-0.4, -0.2) is 33.8 Å². The lowest BCUT2D eigenvalue weighted by atomic mass is 9.78. The van der Waals surface area contributed by atoms with Gasteiger partial charge in [-0.3, -0.25) is 20.1 Å². The van der Waals surface area contributed by atoms with Gasteiger partial charge in [-0.2, -0.15) is 0 Å². The molecule has 1 fully saturated rings. The standard InChI is InChI=1S/C24H27N5OS/c1-14(2)16-6-8-17(9-7-16)20-21(30)29(5)23(25)28-24(20,4)22-27-13-19(31-22)18-10-15(3)11-26-12-18/h6-14,20H,1-5H3,(H2,25,28)/t20?,24-/m0/s1. The first-order valence-electron chi connectivity index (χ1n) is 10.3. The molecule has 0 saturated carbocycles. The molecule has 0 aliphatic carbocycles. The van der Waals surface area contributed by atoms with Crippen molar-refractivity contribution in [3.8, 4) is 10.4 Å². The van der Waals surface area contributed by atoms with Gasteiger partial charge in [-0.1, -0.05) is 38.1 Å². The number of guanidine groups is 1. The van der Waals surface area contributed by atoms with E-state index in [0.29, 0.717) is 5.92 Å². The summed E-state index contributed by atoms with van der Waals surface area (Å²) in [6, 6.07) is 10.3. The van der Waals surface area contributed by atoms with Gasteiger partial charge in [0.25, 0.3) is 0 Å². The number of carbonyl (C=O) groups excluding carboxylic acids is 1. The van der Waals surface area contributed by atoms with Crippen molar-refractivity contribution in [2.24, 2.45) is 0 Å². The van der Waals surface area contributed by atoms with Gasteiger partial charge in [0, 0.05) is 31.2 Å². The Morgan fingerprint density at radius 1 is 1.19 bits per heavy atom. The van der Waals surface area contributed by atoms with E-state index in [4.69, 9.17) is 10.4 Å². The van der Waals surface area contributed by atoms with Gasteiger partial charge in [0.2, 0.25) is 5.91 Å². The normalized spacial score (nSPS) is 21.5. The molecule has 1 aromatic carbocycles. The van der Waals surface area contributed by atoms with E-state index in [2.05, 4.69) is 42.3 Å². The number of pyridine rings is 1. The summed E-state index contributed by atoms with van der Waals surface area (Å²) >= 11 is 1.53. The number of hydrogen-bond donors (Lipinski definition) is 2. The van der Waals surface area contributed by atoms with Crippen LogP contribution in [0.25, 0.3) is 10.4 Å². The van der Waals surface area contributed by atoms with Crippen LogP contribution in [0.15, 0.2) is 48.9 Å². The number of carbonyl (C=O) groups is 1. The minimum absolute atomic E-state index is 0.0801. The van der Waals surface area contributed by atoms with Crippen LogP contribution in [0.3, 0.4) is 0 Å². The first-order chi connectivity index (χ1) is 14.7. The molecule has 3 heterocycles. The van der Waals surface area contributed by atoms with Crippen LogP contribution in [0.2, 0.25) is 0 Å². The van der Waals surface area contributed by atoms with E-state index in [1.807, 2.05) is 44.6 Å². The molecule has 1 amide bonds. The predicted molar refractivity (Wildman–Crippen MR) is 124 cm³/mol. The lowest BCUT2D eigenvalue weighted by Crippen LogP contribution is -2.62. The van der Waals surface area contributed by atoms with E-state index in [0.717, 1.165) is 26.6 Å². The van der Waals surface area contributed by atoms with Gasteiger partial charge in [-0.15, -0.1) is 11.3 Å². The van der Waals surface area contributed by atoms with Crippen molar-refractivity contribution >= 4 is 23.2 Å². The molecule has 1 unspecified atom stereocenters. The maximum Gasteiger partial charge on any atom is 0.239 e. The van der Waals surface area contributed by atoms with E-state index >= 15 is 0 Å². The first-order valence-corrected chi connectivity index (χ1v) is 11.1. The van der Waals surface area contributed by atoms with Gasteiger partial charge >= 0.3 is 0 Å². The molecule has 2 atom stereocenters. The van der Waals surface area contributed by atoms with Crippen molar-refractivity contribution in [2.75, 3.05) is 7.05 Å². The summed E-state index contributed by atoms with van der Waals surface area (Å²) in [5, 5.41) is 12.4. The molecule has 3 aromatic rings. The number of thiazole rings is 1. The number of nitrogens with one attached hydrogen (secondary N) is 2. The topological polar surface area (TPSA) is 82.0 Å². The Morgan fingerprint density at radius 2 is 1.90 bits per heavy atom. The summed E-state index contributed by atoms with van der Waals surface area (Å²) in [6.45, 7) is 8.28. The number of aryl methyl sites for hydroxylation is 1. The maximum atomic E-state index is 13.4. The molecule has 2 aromatic heterocycles. The van der Waals surface area contributed by atoms with Crippen molar-refractivity contribution in [3.63, 3.8) is 0 Å². The molecule has 31 heavy (non-hydrogen) atoms. The second-order valence-corrected chi connectivity index (χ2v) is 9.64. The molecule has 1 aliphatic heterocycles. The third kappa shape index (κ3) is 3.74. The molecule has 0 radical (unpaired) electrons. The van der Waals surface area contributed by atoms with Gasteiger partial charge in [0.15, 0.2) is 5.96 Å². The third-order valence-corrected chi connectivity index (χ3v) is 7.20. The molecule has 1 aliphatic rings. The zero-order valence-corrected chi connectivity index (χ0v) is 19.2. The first kappa shape index (κ1) is 21.2. The molecule has 2 N–H and O–H groups in total. The molecule has 6 nitrogen and oxygen atoms in total. The molecule has 4 rings (SSSR count). The largest absolute Gasteiger partial charge is 0.343 e. The van der Waals surface area contributed by atoms with E-state index in [9.17, 15) is 4.79 Å². The molecule has 0 spiro atoms. The fourth-order valence-corrected chi connectivity index (χ4v) is 5.05. The lowest BCUT2D eigenvalue weighted by Gasteiger charge is -2.44. The summed E-state index contributed by atoms with van der Waals surface area (Å²) in [6.07, 6.45) is 5.47. The number of benzene rings is 1. The average molecular weight is 434 g/mol. The zero-order valence-electron chi connectivity index (χ0n) is 18.4. The molecular formula is C24H27N5OS. The minimum atomic E-state index is -0.833. The van der Waals surface area contributed by atoms with Crippen LogP contribution in [0, 0.1) is 12.3 Å². The zero-order chi connectivity index (χ0) is 22.3. The third-order valence-electron chi connectivity index (χ3n) is 5.91. The number of likely N-dealkylation sites (N-methyl/N-ethyl adjacent to an activating group) is 1. The molecular weight excluding hydrogens is 406 g/mol. The Morgan fingerprint density at radius 3 is 2.55 bits per heavy atom. The monoisotopic (exact) mass is 433 g/mol. The number of hydrogen-bond acceptors (Lipinski definition) is 5. The van der Waals surface area contributed by atoms with Crippen molar-refractivity contribution in [2.45, 2.75) is 45.1 Å². The summed E-state index contributed by atoms with van der Waals surface area (Å²) < 4.78 is 0. The Kier molecular flexibility index (Phi) is 5.39. The minimum Gasteiger partial charge on any atom is -0.343 e. The van der Waals surface area contributed by atoms with E-state index in [-0.39, 0.29) is 11.9 Å². The number of aromatic nitrogens is 2. The van der Waals surface area contributed by atoms with Gasteiger partial charge in [-0.25, -0.2) is 4.98 Å². The van der Waals surface area contributed by atoms with Gasteiger partial charge in [0.1, 0.15) is 10.5 Å². The predicted octanol–water partition coefficient (Wildman–Crippen LogP) is 4.63. The fraction of sp³-hybridized carbons (Fsp3) is 0.333. The van der Waals surface area contributed by atoms with Crippen LogP contribution in [-0.2, 0) is 10.3 Å². The quantitative estimate of drug-likeness (QED) is 0.628. The Hall–Kier alpha value is -3.06. The van der Waals surface area contributed by atoms with Crippen LogP contribution in [0.1, 0.15) is 54.3 Å². The van der Waals surface area contributed by atoms with E-state index in [1.54, 1.807) is 7.05 Å². The van der Waals surface area contributed by atoms with Crippen molar-refractivity contribution in [1.29, 1.82) is 5.41 Å². The van der Waals surface area contributed by atoms with Crippen molar-refractivity contribution < 1.29 is 4.79 Å². The molecule has 1 saturated heterocycles. The van der Waals surface area contributed by atoms with Crippen molar-refractivity contribution in [1.82, 2.24) is 20.2 Å². The Labute approximate surface area is 186 Å². The average Bonchev–Trinajstić information content (AvgIpc) is 3.24. The van der Waals surface area contributed by atoms with E-state index < -0.39 is 11.5 Å². The van der Waals surface area contributed by atoms with Gasteiger partial charge < -0.3 is 5.32 Å². The molecule has 7 heteroatoms. The number of nitrogens with zero attached hydrogens (tertiary/aromatic N) is 3. The lowest BCUT2D eigenvalue weighted by molar-refractivity contribution is -0.131. The highest BCUT2D eigenvalue weighted by atomic mass is 32.1. The van der Waals surface area contributed by atoms with Crippen LogP contribution >= 0.6 is 11.3 Å². The summed E-state index contributed by atoms with van der Waals surface area (Å²) in [5.41, 5.74) is 3.39. The van der Waals surface area contributed by atoms with Crippen molar-refractivity contribution in [3.05, 3.63) is 70.6 Å². The second-order valence-electron chi connectivity index (χ2n) is 8.61.